The molecule has 8 heteroatoms. The number of pyridine rings is 1. The number of carbonyl (C=O) groups excluding carboxylic acids is 1. The van der Waals surface area contributed by atoms with Gasteiger partial charge in [0.2, 0.25) is 5.91 Å². The van der Waals surface area contributed by atoms with Crippen LogP contribution in [0.3, 0.4) is 0 Å². The topological polar surface area (TPSA) is 90.7 Å². The molecule has 0 unspecified atom stereocenters. The van der Waals surface area contributed by atoms with E-state index in [4.69, 9.17) is 5.11 Å². The van der Waals surface area contributed by atoms with Crippen molar-refractivity contribution in [2.24, 2.45) is 0 Å². The molecule has 0 spiro atoms. The third kappa shape index (κ3) is 6.14. The number of thioether (sulfide) groups is 1. The molecular formula is C22H23FN2O4S. The Labute approximate surface area is 178 Å². The van der Waals surface area contributed by atoms with E-state index in [9.17, 15) is 19.1 Å². The van der Waals surface area contributed by atoms with E-state index in [2.05, 4.69) is 4.98 Å². The van der Waals surface area contributed by atoms with E-state index in [1.807, 2.05) is 6.08 Å². The Bertz CT molecular complexity index is 920. The molecule has 2 aromatic rings. The van der Waals surface area contributed by atoms with E-state index in [1.54, 1.807) is 35.2 Å². The number of aromatic carboxylic acids is 1. The van der Waals surface area contributed by atoms with Gasteiger partial charge in [0.05, 0.1) is 17.2 Å². The number of amides is 1. The molecule has 3 rings (SSSR count). The number of nitrogens with zero attached hydrogens (tertiary/aromatic N) is 2. The van der Waals surface area contributed by atoms with Crippen LogP contribution in [0.5, 0.6) is 0 Å². The largest absolute Gasteiger partial charge is 0.477 e. The highest BCUT2D eigenvalue weighted by Gasteiger charge is 2.28. The maximum Gasteiger partial charge on any atom is 0.354 e. The zero-order valence-corrected chi connectivity index (χ0v) is 17.1. The standard InChI is InChI=1S/C22H23FN2O4S/c23-16-6-4-15(5-7-16)14-18(26)10-8-17-9-11-21(27)25(17)12-13-30-20-3-1-2-19(24-20)22(28)29/h1-8,10,17-18,26H,9,11-14H2,(H,28,29)/b10-8+/t17-,18+/m0/s1. The molecule has 2 heterocycles. The van der Waals surface area contributed by atoms with E-state index in [0.29, 0.717) is 36.6 Å². The van der Waals surface area contributed by atoms with Crippen LogP contribution in [0.2, 0.25) is 0 Å². The number of rotatable bonds is 9. The van der Waals surface area contributed by atoms with Crippen molar-refractivity contribution < 1.29 is 24.2 Å². The molecule has 1 saturated heterocycles. The maximum absolute atomic E-state index is 13.0. The van der Waals surface area contributed by atoms with E-state index in [0.717, 1.165) is 5.56 Å². The summed E-state index contributed by atoms with van der Waals surface area (Å²) in [5.74, 6) is -0.738. The van der Waals surface area contributed by atoms with E-state index < -0.39 is 12.1 Å². The summed E-state index contributed by atoms with van der Waals surface area (Å²) in [6.45, 7) is 0.505. The normalized spacial score (nSPS) is 17.6. The summed E-state index contributed by atoms with van der Waals surface area (Å²) in [5, 5.41) is 19.9. The van der Waals surface area contributed by atoms with Gasteiger partial charge in [-0.1, -0.05) is 30.4 Å². The minimum absolute atomic E-state index is 0.00630. The van der Waals surface area contributed by atoms with Gasteiger partial charge in [-0.2, -0.15) is 0 Å². The SMILES string of the molecule is O=C(O)c1cccc(SCCN2C(=O)CC[C@@H]2/C=C/[C@@H](O)Cc2ccc(F)cc2)n1. The van der Waals surface area contributed by atoms with Gasteiger partial charge in [-0.15, -0.1) is 11.8 Å². The van der Waals surface area contributed by atoms with Gasteiger partial charge in [-0.3, -0.25) is 4.79 Å². The fourth-order valence-corrected chi connectivity index (χ4v) is 4.13. The molecule has 1 aromatic heterocycles. The first-order chi connectivity index (χ1) is 14.4. The Kier molecular flexibility index (Phi) is 7.59. The number of aromatic nitrogens is 1. The molecule has 0 aliphatic carbocycles. The van der Waals surface area contributed by atoms with Crippen molar-refractivity contribution in [3.8, 4) is 0 Å². The average molecular weight is 431 g/mol. The third-order valence-corrected chi connectivity index (χ3v) is 5.72. The molecule has 1 aliphatic rings. The van der Waals surface area contributed by atoms with Gasteiger partial charge in [-0.05, 0) is 36.2 Å². The fourth-order valence-electron chi connectivity index (χ4n) is 3.30. The van der Waals surface area contributed by atoms with Crippen molar-refractivity contribution in [3.63, 3.8) is 0 Å². The summed E-state index contributed by atoms with van der Waals surface area (Å²) < 4.78 is 13.0. The zero-order valence-electron chi connectivity index (χ0n) is 16.3. The van der Waals surface area contributed by atoms with Crippen LogP contribution in [0.4, 0.5) is 4.39 Å². The Morgan fingerprint density at radius 1 is 1.30 bits per heavy atom. The first kappa shape index (κ1) is 22.0. The Hall–Kier alpha value is -2.71. The van der Waals surface area contributed by atoms with Crippen LogP contribution >= 0.6 is 11.8 Å². The Balaban J connectivity index is 1.52. The molecule has 0 radical (unpaired) electrons. The smallest absolute Gasteiger partial charge is 0.354 e. The quantitative estimate of drug-likeness (QED) is 0.469. The molecule has 2 atom stereocenters. The van der Waals surface area contributed by atoms with Gasteiger partial charge < -0.3 is 15.1 Å². The molecular weight excluding hydrogens is 407 g/mol. The lowest BCUT2D eigenvalue weighted by Crippen LogP contribution is -2.34. The van der Waals surface area contributed by atoms with Crippen molar-refractivity contribution in [2.75, 3.05) is 12.3 Å². The summed E-state index contributed by atoms with van der Waals surface area (Å²) in [6, 6.07) is 10.8. The van der Waals surface area contributed by atoms with Gasteiger partial charge in [0.25, 0.3) is 0 Å². The number of halogens is 1. The molecule has 1 amide bonds. The second-order valence-corrected chi connectivity index (χ2v) is 8.11. The fraction of sp³-hybridized carbons (Fsp3) is 0.318. The van der Waals surface area contributed by atoms with Gasteiger partial charge in [0, 0.05) is 25.1 Å². The monoisotopic (exact) mass is 430 g/mol. The Morgan fingerprint density at radius 3 is 2.80 bits per heavy atom. The molecule has 0 bridgehead atoms. The van der Waals surface area contributed by atoms with Gasteiger partial charge in [-0.25, -0.2) is 14.2 Å². The minimum atomic E-state index is -1.07. The minimum Gasteiger partial charge on any atom is -0.477 e. The average Bonchev–Trinajstić information content (AvgIpc) is 3.08. The van der Waals surface area contributed by atoms with Gasteiger partial charge >= 0.3 is 5.97 Å². The second-order valence-electron chi connectivity index (χ2n) is 6.99. The van der Waals surface area contributed by atoms with E-state index in [1.165, 1.54) is 30.0 Å². The molecule has 1 aromatic carbocycles. The molecule has 2 N–H and O–H groups in total. The van der Waals surface area contributed by atoms with Crippen LogP contribution in [0.15, 0.2) is 59.6 Å². The first-order valence-corrected chi connectivity index (χ1v) is 10.6. The number of likely N-dealkylation sites (tertiary alicyclic amines) is 1. The summed E-state index contributed by atoms with van der Waals surface area (Å²) in [5.41, 5.74) is 0.827. The highest BCUT2D eigenvalue weighted by molar-refractivity contribution is 7.99. The molecule has 1 aliphatic heterocycles. The lowest BCUT2D eigenvalue weighted by atomic mass is 10.1. The van der Waals surface area contributed by atoms with Crippen LogP contribution < -0.4 is 0 Å². The number of aliphatic hydroxyl groups excluding tert-OH is 1. The van der Waals surface area contributed by atoms with E-state index in [-0.39, 0.29) is 23.5 Å². The van der Waals surface area contributed by atoms with Crippen molar-refractivity contribution >= 4 is 23.6 Å². The third-order valence-electron chi connectivity index (χ3n) is 4.81. The summed E-state index contributed by atoms with van der Waals surface area (Å²) in [4.78, 5) is 29.1. The van der Waals surface area contributed by atoms with Gasteiger partial charge in [0.15, 0.2) is 0 Å². The van der Waals surface area contributed by atoms with Crippen LogP contribution in [0, 0.1) is 5.82 Å². The van der Waals surface area contributed by atoms with Crippen LogP contribution in [0.1, 0.15) is 28.9 Å². The number of carboxylic acids is 1. The van der Waals surface area contributed by atoms with Crippen molar-refractivity contribution in [1.82, 2.24) is 9.88 Å². The number of hydrogen-bond acceptors (Lipinski definition) is 5. The molecule has 30 heavy (non-hydrogen) atoms. The number of carboxylic acid groups (broad SMARTS) is 1. The number of benzene rings is 1. The summed E-state index contributed by atoms with van der Waals surface area (Å²) >= 11 is 1.40. The summed E-state index contributed by atoms with van der Waals surface area (Å²) in [6.07, 6.45) is 4.35. The second kappa shape index (κ2) is 10.4. The molecule has 158 valence electrons. The maximum atomic E-state index is 13.0. The van der Waals surface area contributed by atoms with Crippen LogP contribution in [0.25, 0.3) is 0 Å². The molecule has 1 fully saturated rings. The van der Waals surface area contributed by atoms with Crippen molar-refractivity contribution in [2.45, 2.75) is 36.4 Å². The molecule has 6 nitrogen and oxygen atoms in total. The van der Waals surface area contributed by atoms with Crippen molar-refractivity contribution in [3.05, 3.63) is 71.7 Å². The number of hydrogen-bond donors (Lipinski definition) is 2. The van der Waals surface area contributed by atoms with Crippen molar-refractivity contribution in [1.29, 1.82) is 0 Å². The highest BCUT2D eigenvalue weighted by atomic mass is 32.2. The number of aliphatic hydroxyl groups is 1. The van der Waals surface area contributed by atoms with Crippen LogP contribution in [-0.2, 0) is 11.2 Å². The highest BCUT2D eigenvalue weighted by Crippen LogP contribution is 2.23. The van der Waals surface area contributed by atoms with E-state index >= 15 is 0 Å². The predicted octanol–water partition coefficient (Wildman–Crippen LogP) is 3.16. The number of carbonyl (C=O) groups is 2. The summed E-state index contributed by atoms with van der Waals surface area (Å²) in [7, 11) is 0. The first-order valence-electron chi connectivity index (χ1n) is 9.66. The van der Waals surface area contributed by atoms with Gasteiger partial charge in [0.1, 0.15) is 11.5 Å². The zero-order chi connectivity index (χ0) is 21.5. The lowest BCUT2D eigenvalue weighted by molar-refractivity contribution is -0.128. The Morgan fingerprint density at radius 2 is 2.07 bits per heavy atom. The predicted molar refractivity (Wildman–Crippen MR) is 112 cm³/mol. The molecule has 0 saturated carbocycles. The van der Waals surface area contributed by atoms with Crippen LogP contribution in [-0.4, -0.2) is 56.4 Å². The lowest BCUT2D eigenvalue weighted by Gasteiger charge is -2.22.